The topological polar surface area (TPSA) is 9.23 Å². The zero-order chi connectivity index (χ0) is 10.2. The van der Waals surface area contributed by atoms with Gasteiger partial charge in [-0.2, -0.15) is 0 Å². The molecule has 0 bridgehead atoms. The number of benzene rings is 1. The number of halogens is 1. The van der Waals surface area contributed by atoms with Crippen LogP contribution in [-0.4, -0.2) is 8.32 Å². The molecule has 0 fully saturated rings. The molecule has 0 saturated heterocycles. The molecule has 0 amide bonds. The SMILES string of the molecule is CC[Si]1(CC)OCc2ccc(Br)cc21. The third kappa shape index (κ3) is 1.47. The molecule has 0 saturated carbocycles. The fourth-order valence-corrected chi connectivity index (χ4v) is 6.22. The zero-order valence-electron chi connectivity index (χ0n) is 8.64. The zero-order valence-corrected chi connectivity index (χ0v) is 11.2. The Morgan fingerprint density at radius 2 is 2.07 bits per heavy atom. The van der Waals surface area contributed by atoms with E-state index in [9.17, 15) is 0 Å². The van der Waals surface area contributed by atoms with Crippen LogP contribution in [0.25, 0.3) is 0 Å². The Labute approximate surface area is 94.7 Å². The van der Waals surface area contributed by atoms with E-state index in [1.807, 2.05) is 0 Å². The average molecular weight is 271 g/mol. The summed E-state index contributed by atoms with van der Waals surface area (Å²) in [7, 11) is -1.56. The first-order valence-corrected chi connectivity index (χ1v) is 8.26. The summed E-state index contributed by atoms with van der Waals surface area (Å²) in [5.74, 6) is 0. The van der Waals surface area contributed by atoms with E-state index in [4.69, 9.17) is 4.43 Å². The molecule has 14 heavy (non-hydrogen) atoms. The average Bonchev–Trinajstić information content (AvgIpc) is 2.57. The minimum Gasteiger partial charge on any atom is -0.408 e. The number of hydrogen-bond donors (Lipinski definition) is 0. The van der Waals surface area contributed by atoms with E-state index in [1.54, 1.807) is 0 Å². The van der Waals surface area contributed by atoms with Crippen molar-refractivity contribution in [1.82, 2.24) is 0 Å². The van der Waals surface area contributed by atoms with Crippen molar-refractivity contribution in [2.75, 3.05) is 0 Å². The Kier molecular flexibility index (Phi) is 2.82. The van der Waals surface area contributed by atoms with E-state index in [0.29, 0.717) is 0 Å². The fourth-order valence-electron chi connectivity index (χ4n) is 2.23. The van der Waals surface area contributed by atoms with Gasteiger partial charge in [0.05, 0.1) is 6.61 Å². The van der Waals surface area contributed by atoms with Gasteiger partial charge in [-0.25, -0.2) is 0 Å². The highest BCUT2D eigenvalue weighted by atomic mass is 79.9. The summed E-state index contributed by atoms with van der Waals surface area (Å²) in [5.41, 5.74) is 1.41. The van der Waals surface area contributed by atoms with Crippen molar-refractivity contribution in [1.29, 1.82) is 0 Å². The second-order valence-corrected chi connectivity index (χ2v) is 8.94. The van der Waals surface area contributed by atoms with Crippen LogP contribution in [0, 0.1) is 0 Å². The molecule has 2 rings (SSSR count). The molecule has 3 heteroatoms. The summed E-state index contributed by atoms with van der Waals surface area (Å²) in [6.07, 6.45) is 0. The maximum absolute atomic E-state index is 6.08. The Hall–Kier alpha value is -0.123. The molecule has 0 unspecified atom stereocenters. The van der Waals surface area contributed by atoms with Crippen LogP contribution in [0.2, 0.25) is 12.1 Å². The summed E-state index contributed by atoms with van der Waals surface area (Å²) >= 11 is 3.54. The molecule has 0 radical (unpaired) electrons. The van der Waals surface area contributed by atoms with Crippen LogP contribution < -0.4 is 5.19 Å². The van der Waals surface area contributed by atoms with Crippen molar-refractivity contribution in [2.45, 2.75) is 32.5 Å². The molecular weight excluding hydrogens is 256 g/mol. The first-order valence-electron chi connectivity index (χ1n) is 5.14. The molecule has 1 aromatic carbocycles. The molecule has 0 aliphatic carbocycles. The number of rotatable bonds is 2. The van der Waals surface area contributed by atoms with Crippen molar-refractivity contribution in [3.8, 4) is 0 Å². The Morgan fingerprint density at radius 1 is 1.36 bits per heavy atom. The monoisotopic (exact) mass is 270 g/mol. The van der Waals surface area contributed by atoms with Gasteiger partial charge in [0.25, 0.3) is 0 Å². The van der Waals surface area contributed by atoms with E-state index in [0.717, 1.165) is 6.61 Å². The maximum Gasteiger partial charge on any atom is 0.224 e. The van der Waals surface area contributed by atoms with Crippen LogP contribution >= 0.6 is 15.9 Å². The predicted molar refractivity (Wildman–Crippen MR) is 65.3 cm³/mol. The molecule has 76 valence electrons. The highest BCUT2D eigenvalue weighted by molar-refractivity contribution is 9.10. The molecule has 0 aromatic heterocycles. The molecule has 0 atom stereocenters. The third-order valence-corrected chi connectivity index (χ3v) is 8.13. The van der Waals surface area contributed by atoms with Crippen molar-refractivity contribution < 1.29 is 4.43 Å². The van der Waals surface area contributed by atoms with E-state index < -0.39 is 8.32 Å². The molecule has 1 heterocycles. The summed E-state index contributed by atoms with van der Waals surface area (Å²) in [5, 5.41) is 1.51. The standard InChI is InChI=1S/C11H15BrOSi/c1-3-14(4-2)11-7-10(12)6-5-9(11)8-13-14/h5-7H,3-4,8H2,1-2H3. The third-order valence-electron chi connectivity index (χ3n) is 3.21. The van der Waals surface area contributed by atoms with Gasteiger partial charge < -0.3 is 4.43 Å². The van der Waals surface area contributed by atoms with Gasteiger partial charge in [0.15, 0.2) is 0 Å². The van der Waals surface area contributed by atoms with Crippen molar-refractivity contribution >= 4 is 29.4 Å². The van der Waals surface area contributed by atoms with E-state index >= 15 is 0 Å². The van der Waals surface area contributed by atoms with E-state index in [2.05, 4.69) is 48.0 Å². The smallest absolute Gasteiger partial charge is 0.224 e. The van der Waals surface area contributed by atoms with Crippen LogP contribution in [0.1, 0.15) is 19.4 Å². The first kappa shape index (κ1) is 10.4. The van der Waals surface area contributed by atoms with Gasteiger partial charge in [-0.05, 0) is 35.0 Å². The Morgan fingerprint density at radius 3 is 2.71 bits per heavy atom. The molecule has 0 N–H and O–H groups in total. The second-order valence-electron chi connectivity index (χ2n) is 3.79. The van der Waals surface area contributed by atoms with Gasteiger partial charge in [-0.15, -0.1) is 0 Å². The normalized spacial score (nSPS) is 18.2. The van der Waals surface area contributed by atoms with Gasteiger partial charge in [-0.1, -0.05) is 35.8 Å². The van der Waals surface area contributed by atoms with Crippen LogP contribution in [0.4, 0.5) is 0 Å². The molecule has 0 spiro atoms. The van der Waals surface area contributed by atoms with Crippen molar-refractivity contribution in [3.05, 3.63) is 28.2 Å². The summed E-state index contributed by atoms with van der Waals surface area (Å²) < 4.78 is 7.26. The molecular formula is C11H15BrOSi. The molecule has 1 aliphatic rings. The lowest BCUT2D eigenvalue weighted by Crippen LogP contribution is -2.45. The lowest BCUT2D eigenvalue weighted by atomic mass is 10.2. The maximum atomic E-state index is 6.08. The lowest BCUT2D eigenvalue weighted by Gasteiger charge is -2.23. The largest absolute Gasteiger partial charge is 0.408 e. The fraction of sp³-hybridized carbons (Fsp3) is 0.455. The predicted octanol–water partition coefficient (Wildman–Crippen LogP) is 3.17. The van der Waals surface area contributed by atoms with Crippen molar-refractivity contribution in [2.24, 2.45) is 0 Å². The molecule has 1 aliphatic heterocycles. The van der Waals surface area contributed by atoms with Gasteiger partial charge >= 0.3 is 0 Å². The quantitative estimate of drug-likeness (QED) is 0.751. The Balaban J connectivity index is 2.51. The van der Waals surface area contributed by atoms with E-state index in [-0.39, 0.29) is 0 Å². The van der Waals surface area contributed by atoms with Crippen LogP contribution in [0.3, 0.4) is 0 Å². The minimum absolute atomic E-state index is 0.830. The van der Waals surface area contributed by atoms with Gasteiger partial charge in [0.2, 0.25) is 8.32 Å². The molecule has 1 aromatic rings. The van der Waals surface area contributed by atoms with Crippen LogP contribution in [0.15, 0.2) is 22.7 Å². The Bertz CT molecular complexity index is 347. The van der Waals surface area contributed by atoms with Gasteiger partial charge in [0, 0.05) is 4.47 Å². The summed E-state index contributed by atoms with van der Waals surface area (Å²) in [4.78, 5) is 0. The highest BCUT2D eigenvalue weighted by Crippen LogP contribution is 2.27. The van der Waals surface area contributed by atoms with E-state index in [1.165, 1.54) is 27.3 Å². The number of fused-ring (bicyclic) bond motifs is 1. The van der Waals surface area contributed by atoms with Crippen LogP contribution in [0.5, 0.6) is 0 Å². The first-order chi connectivity index (χ1) is 6.72. The summed E-state index contributed by atoms with van der Waals surface area (Å²) in [6.45, 7) is 5.34. The lowest BCUT2D eigenvalue weighted by molar-refractivity contribution is 0.312. The van der Waals surface area contributed by atoms with Gasteiger partial charge in [0.1, 0.15) is 0 Å². The van der Waals surface area contributed by atoms with Crippen LogP contribution in [-0.2, 0) is 11.0 Å². The number of hydrogen-bond acceptors (Lipinski definition) is 1. The van der Waals surface area contributed by atoms with Crippen molar-refractivity contribution in [3.63, 3.8) is 0 Å². The molecule has 1 nitrogen and oxygen atoms in total. The van der Waals surface area contributed by atoms with Gasteiger partial charge in [-0.3, -0.25) is 0 Å². The highest BCUT2D eigenvalue weighted by Gasteiger charge is 2.40. The second kappa shape index (κ2) is 3.80. The summed E-state index contributed by atoms with van der Waals surface area (Å²) in [6, 6.07) is 8.94. The minimum atomic E-state index is -1.56.